The van der Waals surface area contributed by atoms with Crippen LogP contribution < -0.4 is 0 Å². The fraction of sp³-hybridized carbons (Fsp3) is 0.500. The zero-order valence-electron chi connectivity index (χ0n) is 13.8. The van der Waals surface area contributed by atoms with Crippen molar-refractivity contribution in [2.24, 2.45) is 0 Å². The van der Waals surface area contributed by atoms with E-state index in [2.05, 4.69) is 14.5 Å². The molecule has 3 heterocycles. The Hall–Kier alpha value is -1.11. The van der Waals surface area contributed by atoms with Crippen LogP contribution >= 0.6 is 23.2 Å². The first-order valence-electron chi connectivity index (χ1n) is 8.60. The highest BCUT2D eigenvalue weighted by Crippen LogP contribution is 2.34. The van der Waals surface area contributed by atoms with Crippen molar-refractivity contribution >= 4 is 23.2 Å². The molecule has 4 rings (SSSR count). The van der Waals surface area contributed by atoms with E-state index in [4.69, 9.17) is 33.0 Å². The summed E-state index contributed by atoms with van der Waals surface area (Å²) in [6, 6.07) is 6.30. The number of hydrogen-bond donors (Lipinski definition) is 1. The number of hydrogen-bond acceptors (Lipinski definition) is 4. The van der Waals surface area contributed by atoms with Crippen LogP contribution in [0.1, 0.15) is 18.9 Å². The average Bonchev–Trinajstić information content (AvgIpc) is 3.20. The van der Waals surface area contributed by atoms with Gasteiger partial charge in [-0.15, -0.1) is 0 Å². The molecule has 0 unspecified atom stereocenters. The Labute approximate surface area is 157 Å². The number of benzene rings is 1. The second-order valence-electron chi connectivity index (χ2n) is 6.78. The maximum absolute atomic E-state index is 9.14. The molecule has 1 aromatic heterocycles. The van der Waals surface area contributed by atoms with Crippen LogP contribution in [0.15, 0.2) is 30.6 Å². The molecule has 0 saturated carbocycles. The lowest BCUT2D eigenvalue weighted by Crippen LogP contribution is -2.46. The topological polar surface area (TPSA) is 50.5 Å². The molecule has 0 bridgehead atoms. The van der Waals surface area contributed by atoms with Gasteiger partial charge in [-0.25, -0.2) is 4.98 Å². The zero-order valence-corrected chi connectivity index (χ0v) is 15.3. The number of imidazole rings is 1. The molecule has 2 fully saturated rings. The Kier molecular flexibility index (Phi) is 5.02. The van der Waals surface area contributed by atoms with Crippen molar-refractivity contribution in [1.82, 2.24) is 14.5 Å². The van der Waals surface area contributed by atoms with Gasteiger partial charge in [0.2, 0.25) is 0 Å². The van der Waals surface area contributed by atoms with Crippen LogP contribution in [0.5, 0.6) is 0 Å². The fourth-order valence-corrected chi connectivity index (χ4v) is 4.48. The molecule has 2 aliphatic rings. The molecule has 1 N–H and O–H groups in total. The highest BCUT2D eigenvalue weighted by molar-refractivity contribution is 6.35. The maximum atomic E-state index is 9.14. The molecule has 1 aromatic carbocycles. The number of nitrogens with zero attached hydrogens (tertiary/aromatic N) is 3. The Morgan fingerprint density at radius 1 is 1.16 bits per heavy atom. The number of rotatable bonds is 4. The van der Waals surface area contributed by atoms with Gasteiger partial charge in [-0.05, 0) is 31.0 Å². The van der Waals surface area contributed by atoms with E-state index >= 15 is 0 Å². The largest absolute Gasteiger partial charge is 0.396 e. The maximum Gasteiger partial charge on any atom is 0.140 e. The predicted molar refractivity (Wildman–Crippen MR) is 98.1 cm³/mol. The predicted octanol–water partition coefficient (Wildman–Crippen LogP) is 3.25. The second kappa shape index (κ2) is 7.25. The summed E-state index contributed by atoms with van der Waals surface area (Å²) in [7, 11) is 0. The van der Waals surface area contributed by atoms with Crippen LogP contribution in [0.3, 0.4) is 0 Å². The lowest BCUT2D eigenvalue weighted by molar-refractivity contribution is -0.0567. The Balaban J connectivity index is 1.55. The molecule has 3 atom stereocenters. The number of ether oxygens (including phenoxy) is 1. The van der Waals surface area contributed by atoms with Gasteiger partial charge in [0.1, 0.15) is 5.82 Å². The summed E-state index contributed by atoms with van der Waals surface area (Å²) in [6.07, 6.45) is 5.72. The zero-order chi connectivity index (χ0) is 17.4. The third-order valence-electron chi connectivity index (χ3n) is 5.10. The van der Waals surface area contributed by atoms with Gasteiger partial charge in [-0.1, -0.05) is 23.2 Å². The fourth-order valence-electron chi connectivity index (χ4n) is 3.95. The Bertz CT molecular complexity index is 731. The first kappa shape index (κ1) is 17.3. The average molecular weight is 382 g/mol. The van der Waals surface area contributed by atoms with E-state index in [9.17, 15) is 0 Å². The number of halogens is 2. The molecule has 0 radical (unpaired) electrons. The van der Waals surface area contributed by atoms with Gasteiger partial charge in [0, 0.05) is 59.8 Å². The molecule has 0 amide bonds. The molecular formula is C18H21Cl2N3O2. The highest BCUT2D eigenvalue weighted by Gasteiger charge is 2.38. The van der Waals surface area contributed by atoms with Crippen LogP contribution in [0.2, 0.25) is 10.0 Å². The summed E-state index contributed by atoms with van der Waals surface area (Å²) < 4.78 is 8.11. The number of fused-ring (bicyclic) bond motifs is 1. The van der Waals surface area contributed by atoms with Crippen molar-refractivity contribution in [3.8, 4) is 11.4 Å². The van der Waals surface area contributed by atoms with E-state index in [0.29, 0.717) is 28.5 Å². The van der Waals surface area contributed by atoms with E-state index in [1.807, 2.05) is 24.5 Å². The van der Waals surface area contributed by atoms with Gasteiger partial charge in [-0.3, -0.25) is 4.90 Å². The summed E-state index contributed by atoms with van der Waals surface area (Å²) in [5.41, 5.74) is 0.932. The number of morpholine rings is 1. The van der Waals surface area contributed by atoms with Crippen LogP contribution in [-0.2, 0) is 4.74 Å². The number of aliphatic hydroxyl groups is 1. The van der Waals surface area contributed by atoms with Crippen LogP contribution in [0, 0.1) is 0 Å². The van der Waals surface area contributed by atoms with Crippen molar-refractivity contribution in [2.75, 3.05) is 26.3 Å². The smallest absolute Gasteiger partial charge is 0.140 e. The normalized spacial score (nSPS) is 26.8. The van der Waals surface area contributed by atoms with Gasteiger partial charge < -0.3 is 14.4 Å². The minimum absolute atomic E-state index is 0.133. The molecule has 2 aromatic rings. The van der Waals surface area contributed by atoms with E-state index in [1.165, 1.54) is 0 Å². The lowest BCUT2D eigenvalue weighted by atomic mass is 10.1. The van der Waals surface area contributed by atoms with Gasteiger partial charge in [-0.2, -0.15) is 0 Å². The highest BCUT2D eigenvalue weighted by atomic mass is 35.5. The Morgan fingerprint density at radius 3 is 2.72 bits per heavy atom. The van der Waals surface area contributed by atoms with E-state index in [-0.39, 0.29) is 12.7 Å². The summed E-state index contributed by atoms with van der Waals surface area (Å²) in [4.78, 5) is 7.01. The van der Waals surface area contributed by atoms with Crippen LogP contribution in [-0.4, -0.2) is 58.0 Å². The van der Waals surface area contributed by atoms with Crippen LogP contribution in [0.25, 0.3) is 11.4 Å². The lowest BCUT2D eigenvalue weighted by Gasteiger charge is -2.34. The first-order valence-corrected chi connectivity index (χ1v) is 9.35. The first-order chi connectivity index (χ1) is 12.1. The molecule has 0 spiro atoms. The molecule has 0 aliphatic carbocycles. The van der Waals surface area contributed by atoms with E-state index < -0.39 is 0 Å². The molecule has 2 aliphatic heterocycles. The quantitative estimate of drug-likeness (QED) is 0.882. The molecule has 7 heteroatoms. The summed E-state index contributed by atoms with van der Waals surface area (Å²) in [6.45, 7) is 2.75. The molecule has 25 heavy (non-hydrogen) atoms. The number of aliphatic hydroxyl groups excluding tert-OH is 1. The van der Waals surface area contributed by atoms with Crippen molar-refractivity contribution in [3.63, 3.8) is 0 Å². The summed E-state index contributed by atoms with van der Waals surface area (Å²) in [5.74, 6) is 0.891. The number of aromatic nitrogens is 2. The molecular weight excluding hydrogens is 361 g/mol. The third kappa shape index (κ3) is 3.57. The molecule has 2 saturated heterocycles. The SMILES string of the molecule is OCC[C@H]1CN2C[C@H](n3ccnc3-c3cc(Cl)cc(Cl)c3)C[C@H]2CO1. The monoisotopic (exact) mass is 381 g/mol. The standard InChI is InChI=1S/C18H21Cl2N3O2/c19-13-5-12(6-14(20)7-13)18-21-2-3-23(18)15-8-16-11-25-17(1-4-24)10-22(16)9-15/h2-3,5-7,15-17,24H,1,4,8-11H2/t15-,16+,17+/m1/s1. The third-order valence-corrected chi connectivity index (χ3v) is 5.54. The minimum Gasteiger partial charge on any atom is -0.396 e. The van der Waals surface area contributed by atoms with Gasteiger partial charge in [0.15, 0.2) is 0 Å². The Morgan fingerprint density at radius 2 is 1.96 bits per heavy atom. The molecule has 134 valence electrons. The van der Waals surface area contributed by atoms with E-state index in [0.717, 1.165) is 37.5 Å². The second-order valence-corrected chi connectivity index (χ2v) is 7.65. The van der Waals surface area contributed by atoms with Crippen molar-refractivity contribution in [2.45, 2.75) is 31.0 Å². The van der Waals surface area contributed by atoms with Crippen LogP contribution in [0.4, 0.5) is 0 Å². The summed E-state index contributed by atoms with van der Waals surface area (Å²) in [5, 5.41) is 10.4. The minimum atomic E-state index is 0.133. The van der Waals surface area contributed by atoms with Crippen molar-refractivity contribution < 1.29 is 9.84 Å². The summed E-state index contributed by atoms with van der Waals surface area (Å²) >= 11 is 12.3. The van der Waals surface area contributed by atoms with Crippen molar-refractivity contribution in [1.29, 1.82) is 0 Å². The van der Waals surface area contributed by atoms with Gasteiger partial charge >= 0.3 is 0 Å². The van der Waals surface area contributed by atoms with Gasteiger partial charge in [0.05, 0.1) is 12.7 Å². The molecule has 5 nitrogen and oxygen atoms in total. The van der Waals surface area contributed by atoms with Crippen molar-refractivity contribution in [3.05, 3.63) is 40.6 Å². The van der Waals surface area contributed by atoms with E-state index in [1.54, 1.807) is 6.07 Å². The van der Waals surface area contributed by atoms with Gasteiger partial charge in [0.25, 0.3) is 0 Å².